The van der Waals surface area contributed by atoms with Crippen LogP contribution in [0, 0.1) is 5.82 Å². The number of aliphatic hydroxyl groups excluding tert-OH is 1. The highest BCUT2D eigenvalue weighted by Crippen LogP contribution is 2.36. The van der Waals surface area contributed by atoms with E-state index in [4.69, 9.17) is 0 Å². The van der Waals surface area contributed by atoms with Crippen molar-refractivity contribution in [3.8, 4) is 0 Å². The van der Waals surface area contributed by atoms with Crippen molar-refractivity contribution >= 4 is 5.69 Å². The number of aliphatic hydroxyl groups is 1. The largest absolute Gasteiger partial charge is 0.389 e. The van der Waals surface area contributed by atoms with E-state index in [-0.39, 0.29) is 5.82 Å². The summed E-state index contributed by atoms with van der Waals surface area (Å²) in [6.45, 7) is 4.74. The minimum atomic E-state index is -0.760. The summed E-state index contributed by atoms with van der Waals surface area (Å²) < 4.78 is 13.9. The lowest BCUT2D eigenvalue weighted by Crippen LogP contribution is -2.28. The summed E-state index contributed by atoms with van der Waals surface area (Å²) in [5, 5.41) is 9.80. The molecular weight excluding hydrogens is 229 g/mol. The summed E-state index contributed by atoms with van der Waals surface area (Å²) in [4.78, 5) is 2.27. The summed E-state index contributed by atoms with van der Waals surface area (Å²) in [5.41, 5.74) is 1.32. The Morgan fingerprint density at radius 3 is 2.72 bits per heavy atom. The highest BCUT2D eigenvalue weighted by atomic mass is 19.1. The van der Waals surface area contributed by atoms with Crippen LogP contribution >= 0.6 is 0 Å². The fourth-order valence-corrected chi connectivity index (χ4v) is 2.40. The summed E-state index contributed by atoms with van der Waals surface area (Å²) in [5.74, 6) is -0.301. The third kappa shape index (κ3) is 2.83. The Morgan fingerprint density at radius 2 is 2.17 bits per heavy atom. The number of unbranched alkanes of at least 4 members (excludes halogenated alkanes) is 1. The molecule has 0 bridgehead atoms. The van der Waals surface area contributed by atoms with Crippen molar-refractivity contribution in [1.29, 1.82) is 0 Å². The number of nitrogens with zero attached hydrogens (tertiary/aromatic N) is 1. The molecule has 18 heavy (non-hydrogen) atoms. The first kappa shape index (κ1) is 13.3. The molecule has 2 rings (SSSR count). The Morgan fingerprint density at radius 1 is 1.44 bits per heavy atom. The Kier molecular flexibility index (Phi) is 4.23. The summed E-state index contributed by atoms with van der Waals surface area (Å²) >= 11 is 0. The number of anilines is 1. The lowest BCUT2D eigenvalue weighted by atomic mass is 10.1. The van der Waals surface area contributed by atoms with Gasteiger partial charge in [0.05, 0.1) is 6.10 Å². The average Bonchev–Trinajstić information content (AvgIpc) is 3.13. The van der Waals surface area contributed by atoms with Crippen molar-refractivity contribution in [2.45, 2.75) is 51.7 Å². The molecule has 1 aliphatic carbocycles. The van der Waals surface area contributed by atoms with Gasteiger partial charge in [0.25, 0.3) is 0 Å². The van der Waals surface area contributed by atoms with Crippen LogP contribution in [0.25, 0.3) is 0 Å². The third-order valence-corrected chi connectivity index (χ3v) is 3.50. The first-order valence-corrected chi connectivity index (χ1v) is 6.88. The van der Waals surface area contributed by atoms with Crippen LogP contribution in [0.2, 0.25) is 0 Å². The minimum absolute atomic E-state index is 0.301. The molecule has 1 N–H and O–H groups in total. The molecule has 0 unspecified atom stereocenters. The van der Waals surface area contributed by atoms with Gasteiger partial charge in [-0.3, -0.25) is 0 Å². The van der Waals surface area contributed by atoms with E-state index < -0.39 is 6.10 Å². The molecule has 0 amide bonds. The highest BCUT2D eigenvalue weighted by Gasteiger charge is 2.31. The van der Waals surface area contributed by atoms with Crippen LogP contribution in [0.5, 0.6) is 0 Å². The quantitative estimate of drug-likeness (QED) is 0.834. The standard InChI is InChI=1S/C15H22FNO/c1-3-4-10-17(12-8-9-12)14-7-5-6-13(16)15(14)11(2)18/h5-7,11-12,18H,3-4,8-10H2,1-2H3/t11-/m0/s1. The number of rotatable bonds is 6. The lowest BCUT2D eigenvalue weighted by molar-refractivity contribution is 0.194. The number of halogens is 1. The van der Waals surface area contributed by atoms with Gasteiger partial charge in [0.15, 0.2) is 0 Å². The van der Waals surface area contributed by atoms with Crippen LogP contribution in [0.3, 0.4) is 0 Å². The second-order valence-corrected chi connectivity index (χ2v) is 5.13. The fourth-order valence-electron chi connectivity index (χ4n) is 2.40. The van der Waals surface area contributed by atoms with Gasteiger partial charge >= 0.3 is 0 Å². The van der Waals surface area contributed by atoms with Crippen LogP contribution in [0.15, 0.2) is 18.2 Å². The minimum Gasteiger partial charge on any atom is -0.389 e. The first-order chi connectivity index (χ1) is 8.65. The van der Waals surface area contributed by atoms with Gasteiger partial charge in [-0.2, -0.15) is 0 Å². The molecule has 1 fully saturated rings. The SMILES string of the molecule is CCCCN(c1cccc(F)c1[C@H](C)O)C1CC1. The predicted molar refractivity (Wildman–Crippen MR) is 72.3 cm³/mol. The second kappa shape index (κ2) is 5.70. The molecule has 0 radical (unpaired) electrons. The molecule has 1 aromatic rings. The van der Waals surface area contributed by atoms with Gasteiger partial charge in [0.2, 0.25) is 0 Å². The van der Waals surface area contributed by atoms with Gasteiger partial charge in [-0.15, -0.1) is 0 Å². The molecule has 1 saturated carbocycles. The normalized spacial score (nSPS) is 16.7. The van der Waals surface area contributed by atoms with Gasteiger partial charge in [-0.1, -0.05) is 19.4 Å². The molecule has 0 aliphatic heterocycles. The topological polar surface area (TPSA) is 23.5 Å². The van der Waals surface area contributed by atoms with Gasteiger partial charge in [-0.25, -0.2) is 4.39 Å². The molecular formula is C15H22FNO. The zero-order valence-corrected chi connectivity index (χ0v) is 11.2. The third-order valence-electron chi connectivity index (χ3n) is 3.50. The Bertz CT molecular complexity index is 401. The van der Waals surface area contributed by atoms with E-state index in [0.717, 1.165) is 25.1 Å². The van der Waals surface area contributed by atoms with E-state index in [1.54, 1.807) is 13.0 Å². The molecule has 0 heterocycles. The van der Waals surface area contributed by atoms with E-state index in [9.17, 15) is 9.50 Å². The zero-order chi connectivity index (χ0) is 13.1. The highest BCUT2D eigenvalue weighted by molar-refractivity contribution is 5.56. The lowest BCUT2D eigenvalue weighted by Gasteiger charge is -2.28. The molecule has 100 valence electrons. The fraction of sp³-hybridized carbons (Fsp3) is 0.600. The average molecular weight is 251 g/mol. The zero-order valence-electron chi connectivity index (χ0n) is 11.2. The van der Waals surface area contributed by atoms with Crippen molar-refractivity contribution < 1.29 is 9.50 Å². The van der Waals surface area contributed by atoms with Crippen LogP contribution in [-0.2, 0) is 0 Å². The monoisotopic (exact) mass is 251 g/mol. The maximum absolute atomic E-state index is 13.9. The number of benzene rings is 1. The summed E-state index contributed by atoms with van der Waals surface area (Å²) in [7, 11) is 0. The second-order valence-electron chi connectivity index (χ2n) is 5.13. The maximum atomic E-state index is 13.9. The van der Waals surface area contributed by atoms with Crippen molar-refractivity contribution in [3.63, 3.8) is 0 Å². The first-order valence-electron chi connectivity index (χ1n) is 6.88. The molecule has 0 saturated heterocycles. The van der Waals surface area contributed by atoms with Crippen LogP contribution in [-0.4, -0.2) is 17.7 Å². The Labute approximate surface area is 108 Å². The van der Waals surface area contributed by atoms with Gasteiger partial charge in [0, 0.05) is 23.8 Å². The van der Waals surface area contributed by atoms with Crippen molar-refractivity contribution in [3.05, 3.63) is 29.6 Å². The van der Waals surface area contributed by atoms with Crippen molar-refractivity contribution in [2.24, 2.45) is 0 Å². The van der Waals surface area contributed by atoms with E-state index in [2.05, 4.69) is 11.8 Å². The number of hydrogen-bond donors (Lipinski definition) is 1. The van der Waals surface area contributed by atoms with Crippen LogP contribution in [0.1, 0.15) is 51.2 Å². The van der Waals surface area contributed by atoms with E-state index in [1.807, 2.05) is 6.07 Å². The Balaban J connectivity index is 2.31. The van der Waals surface area contributed by atoms with Crippen LogP contribution in [0.4, 0.5) is 10.1 Å². The maximum Gasteiger partial charge on any atom is 0.131 e. The van der Waals surface area contributed by atoms with E-state index in [1.165, 1.54) is 18.9 Å². The van der Waals surface area contributed by atoms with Gasteiger partial charge in [-0.05, 0) is 38.3 Å². The molecule has 3 heteroatoms. The van der Waals surface area contributed by atoms with Crippen LogP contribution < -0.4 is 4.90 Å². The smallest absolute Gasteiger partial charge is 0.131 e. The van der Waals surface area contributed by atoms with E-state index >= 15 is 0 Å². The molecule has 2 nitrogen and oxygen atoms in total. The molecule has 1 atom stereocenters. The molecule has 0 aromatic heterocycles. The number of hydrogen-bond acceptors (Lipinski definition) is 2. The summed E-state index contributed by atoms with van der Waals surface area (Å²) in [6, 6.07) is 5.63. The predicted octanol–water partition coefficient (Wildman–Crippen LogP) is 3.65. The molecule has 1 aromatic carbocycles. The molecule has 1 aliphatic rings. The Hall–Kier alpha value is -1.09. The molecule has 0 spiro atoms. The van der Waals surface area contributed by atoms with Gasteiger partial charge in [0.1, 0.15) is 5.82 Å². The summed E-state index contributed by atoms with van der Waals surface area (Å²) in [6.07, 6.45) is 3.83. The van der Waals surface area contributed by atoms with E-state index in [0.29, 0.717) is 11.6 Å². The van der Waals surface area contributed by atoms with Crippen molar-refractivity contribution in [2.75, 3.05) is 11.4 Å². The van der Waals surface area contributed by atoms with Crippen molar-refractivity contribution in [1.82, 2.24) is 0 Å². The van der Waals surface area contributed by atoms with Gasteiger partial charge < -0.3 is 10.0 Å².